The van der Waals surface area contributed by atoms with E-state index in [1.54, 1.807) is 11.0 Å². The molecule has 11 heteroatoms. The smallest absolute Gasteiger partial charge is 0.410 e. The van der Waals surface area contributed by atoms with Gasteiger partial charge in [-0.2, -0.15) is 13.2 Å². The lowest BCUT2D eigenvalue weighted by atomic mass is 9.74. The fraction of sp³-hybridized carbons (Fsp3) is 0.731. The number of hydrogen-bond donors (Lipinski definition) is 0. The molecule has 3 aliphatic heterocycles. The highest BCUT2D eigenvalue weighted by molar-refractivity contribution is 7.18. The monoisotopic (exact) mass is 539 g/mol. The summed E-state index contributed by atoms with van der Waals surface area (Å²) in [6, 6.07) is 2.02. The van der Waals surface area contributed by atoms with Crippen LogP contribution in [-0.4, -0.2) is 82.9 Å². The third-order valence-corrected chi connectivity index (χ3v) is 8.74. The zero-order chi connectivity index (χ0) is 26.8. The molecule has 1 atom stereocenters. The van der Waals surface area contributed by atoms with Crippen LogP contribution in [-0.2, 0) is 11.2 Å². The maximum absolute atomic E-state index is 12.9. The Bertz CT molecular complexity index is 1150. The Kier molecular flexibility index (Phi) is 6.62. The number of ether oxygens (including phenoxy) is 1. The highest BCUT2D eigenvalue weighted by Gasteiger charge is 2.53. The average Bonchev–Trinajstić information content (AvgIpc) is 3.30. The van der Waals surface area contributed by atoms with Crippen LogP contribution in [0.4, 0.5) is 23.8 Å². The molecular formula is C26H36F3N5O2S. The van der Waals surface area contributed by atoms with E-state index in [9.17, 15) is 18.0 Å². The summed E-state index contributed by atoms with van der Waals surface area (Å²) in [5.41, 5.74) is -0.320. The van der Waals surface area contributed by atoms with E-state index < -0.39 is 18.2 Å². The first kappa shape index (κ1) is 26.5. The van der Waals surface area contributed by atoms with Crippen LogP contribution in [0.15, 0.2) is 12.4 Å². The molecule has 204 valence electrons. The molecule has 37 heavy (non-hydrogen) atoms. The molecule has 0 radical (unpaired) electrons. The molecule has 1 amide bonds. The number of fused-ring (bicyclic) bond motifs is 1. The summed E-state index contributed by atoms with van der Waals surface area (Å²) in [6.07, 6.45) is -2.91. The predicted octanol–water partition coefficient (Wildman–Crippen LogP) is 5.20. The first-order valence-corrected chi connectivity index (χ1v) is 13.8. The van der Waals surface area contributed by atoms with Gasteiger partial charge in [-0.05, 0) is 39.2 Å². The second kappa shape index (κ2) is 9.25. The van der Waals surface area contributed by atoms with Crippen molar-refractivity contribution in [3.05, 3.63) is 17.3 Å². The van der Waals surface area contributed by atoms with Gasteiger partial charge in [0, 0.05) is 61.5 Å². The van der Waals surface area contributed by atoms with E-state index in [1.165, 1.54) is 6.33 Å². The number of nitrogens with zero attached hydrogens (tertiary/aromatic N) is 5. The van der Waals surface area contributed by atoms with Crippen LogP contribution in [0, 0.1) is 17.3 Å². The number of thiophene rings is 1. The number of aromatic nitrogens is 2. The van der Waals surface area contributed by atoms with Gasteiger partial charge in [0.25, 0.3) is 0 Å². The minimum atomic E-state index is -4.24. The molecule has 0 aliphatic carbocycles. The SMILES string of the molecule is CC(C)[C@H](C1CN(C(=O)OC(C)(C)C)C1)N1CC2(CCN(c3ncnc4sc(CC(F)(F)F)cc34)C2)C1. The van der Waals surface area contributed by atoms with Gasteiger partial charge >= 0.3 is 12.3 Å². The van der Waals surface area contributed by atoms with Gasteiger partial charge < -0.3 is 14.5 Å². The van der Waals surface area contributed by atoms with Crippen LogP contribution in [0.1, 0.15) is 45.9 Å². The predicted molar refractivity (Wildman–Crippen MR) is 138 cm³/mol. The van der Waals surface area contributed by atoms with E-state index in [0.29, 0.717) is 22.7 Å². The van der Waals surface area contributed by atoms with Gasteiger partial charge in [-0.1, -0.05) is 13.8 Å². The van der Waals surface area contributed by atoms with E-state index in [0.717, 1.165) is 68.2 Å². The Morgan fingerprint density at radius 1 is 1.19 bits per heavy atom. The molecule has 0 bridgehead atoms. The lowest BCUT2D eigenvalue weighted by molar-refractivity contribution is -0.126. The second-order valence-electron chi connectivity index (χ2n) is 12.4. The summed E-state index contributed by atoms with van der Waals surface area (Å²) >= 11 is 1.10. The van der Waals surface area contributed by atoms with Crippen LogP contribution >= 0.6 is 11.3 Å². The number of carbonyl (C=O) groups is 1. The quantitative estimate of drug-likeness (QED) is 0.521. The van der Waals surface area contributed by atoms with Gasteiger partial charge in [0.2, 0.25) is 0 Å². The van der Waals surface area contributed by atoms with E-state index in [4.69, 9.17) is 4.74 Å². The number of carbonyl (C=O) groups excluding carboxylic acids is 1. The van der Waals surface area contributed by atoms with Crippen LogP contribution < -0.4 is 4.90 Å². The summed E-state index contributed by atoms with van der Waals surface area (Å²) in [7, 11) is 0. The molecule has 1 spiro atoms. The van der Waals surface area contributed by atoms with Gasteiger partial charge in [0.1, 0.15) is 22.6 Å². The first-order valence-electron chi connectivity index (χ1n) is 13.0. The molecule has 7 nitrogen and oxygen atoms in total. The molecule has 3 fully saturated rings. The minimum Gasteiger partial charge on any atom is -0.444 e. The van der Waals surface area contributed by atoms with Crippen molar-refractivity contribution < 1.29 is 22.7 Å². The summed E-state index contributed by atoms with van der Waals surface area (Å²) in [5.74, 6) is 1.65. The van der Waals surface area contributed by atoms with Gasteiger partial charge in [-0.25, -0.2) is 14.8 Å². The molecule has 0 unspecified atom stereocenters. The van der Waals surface area contributed by atoms with Gasteiger partial charge in [-0.3, -0.25) is 4.90 Å². The summed E-state index contributed by atoms with van der Waals surface area (Å²) in [4.78, 5) is 28.6. The van der Waals surface area contributed by atoms with E-state index >= 15 is 0 Å². The number of halogens is 3. The minimum absolute atomic E-state index is 0.170. The molecule has 3 aliphatic rings. The Morgan fingerprint density at radius 2 is 1.89 bits per heavy atom. The number of amides is 1. The molecule has 2 aromatic heterocycles. The maximum atomic E-state index is 12.9. The van der Waals surface area contributed by atoms with Crippen molar-refractivity contribution >= 4 is 33.5 Å². The van der Waals surface area contributed by atoms with E-state index in [-0.39, 0.29) is 16.4 Å². The molecule has 2 aromatic rings. The number of alkyl halides is 3. The van der Waals surface area contributed by atoms with Gasteiger partial charge in [-0.15, -0.1) is 11.3 Å². The normalized spacial score (nSPS) is 21.5. The van der Waals surface area contributed by atoms with Crippen molar-refractivity contribution in [1.82, 2.24) is 19.8 Å². The summed E-state index contributed by atoms with van der Waals surface area (Å²) < 4.78 is 44.3. The standard InChI is InChI=1S/C26H36F3N5O2S/c1-16(2)20(17-10-33(11-17)23(35)36-24(3,4)5)34-13-25(14-34)6-7-32(12-25)21-19-8-18(9-26(27,28)29)37-22(19)31-15-30-21/h8,15-17,20H,6-7,9-14H2,1-5H3/t20-/m1/s1. The zero-order valence-electron chi connectivity index (χ0n) is 22.1. The van der Waals surface area contributed by atoms with E-state index in [1.807, 2.05) is 20.8 Å². The summed E-state index contributed by atoms with van der Waals surface area (Å²) in [5, 5.41) is 0.719. The highest BCUT2D eigenvalue weighted by atomic mass is 32.1. The Hall–Kier alpha value is -2.14. The molecule has 3 saturated heterocycles. The number of anilines is 1. The molecule has 5 rings (SSSR count). The number of likely N-dealkylation sites (tertiary alicyclic amines) is 2. The number of rotatable bonds is 5. The Morgan fingerprint density at radius 3 is 2.51 bits per heavy atom. The highest BCUT2D eigenvalue weighted by Crippen LogP contribution is 2.46. The molecular weight excluding hydrogens is 503 g/mol. The maximum Gasteiger partial charge on any atom is 0.410 e. The van der Waals surface area contributed by atoms with Crippen molar-refractivity contribution in [2.24, 2.45) is 17.3 Å². The van der Waals surface area contributed by atoms with Gasteiger partial charge in [0.05, 0.1) is 11.8 Å². The fourth-order valence-electron chi connectivity index (χ4n) is 6.30. The fourth-order valence-corrected chi connectivity index (χ4v) is 7.32. The average molecular weight is 540 g/mol. The Labute approximate surface area is 220 Å². The van der Waals surface area contributed by atoms with Crippen LogP contribution in [0.25, 0.3) is 10.2 Å². The van der Waals surface area contributed by atoms with Gasteiger partial charge in [0.15, 0.2) is 0 Å². The van der Waals surface area contributed by atoms with Crippen molar-refractivity contribution in [1.29, 1.82) is 0 Å². The molecule has 0 N–H and O–H groups in total. The van der Waals surface area contributed by atoms with Crippen molar-refractivity contribution in [3.63, 3.8) is 0 Å². The zero-order valence-corrected chi connectivity index (χ0v) is 23.0. The third kappa shape index (κ3) is 5.53. The van der Waals surface area contributed by atoms with Crippen molar-refractivity contribution in [2.45, 2.75) is 65.3 Å². The lowest BCUT2D eigenvalue weighted by Gasteiger charge is -2.57. The lowest BCUT2D eigenvalue weighted by Crippen LogP contribution is -2.68. The molecule has 0 aromatic carbocycles. The van der Waals surface area contributed by atoms with Crippen molar-refractivity contribution in [2.75, 3.05) is 44.2 Å². The van der Waals surface area contributed by atoms with E-state index in [2.05, 4.69) is 33.6 Å². The topological polar surface area (TPSA) is 61.8 Å². The number of hydrogen-bond acceptors (Lipinski definition) is 7. The summed E-state index contributed by atoms with van der Waals surface area (Å²) in [6.45, 7) is 15.3. The Balaban J connectivity index is 1.21. The van der Waals surface area contributed by atoms with Crippen LogP contribution in [0.3, 0.4) is 0 Å². The molecule has 0 saturated carbocycles. The van der Waals surface area contributed by atoms with Crippen LogP contribution in [0.2, 0.25) is 0 Å². The third-order valence-electron chi connectivity index (χ3n) is 7.70. The molecule has 5 heterocycles. The van der Waals surface area contributed by atoms with Crippen molar-refractivity contribution in [3.8, 4) is 0 Å². The largest absolute Gasteiger partial charge is 0.444 e. The second-order valence-corrected chi connectivity index (χ2v) is 13.5. The van der Waals surface area contributed by atoms with Crippen LogP contribution in [0.5, 0.6) is 0 Å². The first-order chi connectivity index (χ1) is 17.2.